The maximum Gasteiger partial charge on any atom is 0.104 e. The molecule has 2 heteroatoms. The lowest BCUT2D eigenvalue weighted by atomic mass is 10.1. The van der Waals surface area contributed by atoms with Gasteiger partial charge >= 0.3 is 0 Å². The van der Waals surface area contributed by atoms with E-state index in [9.17, 15) is 0 Å². The zero-order chi connectivity index (χ0) is 8.55. The molecule has 1 aromatic heterocycles. The summed E-state index contributed by atoms with van der Waals surface area (Å²) in [6.45, 7) is 4.14. The van der Waals surface area contributed by atoms with Crippen LogP contribution in [0.4, 0.5) is 0 Å². The SMILES string of the molecule is CCc1cccc2[nH]c(C)nc12. The number of hydrogen-bond acceptors (Lipinski definition) is 1. The van der Waals surface area contributed by atoms with Gasteiger partial charge in [0, 0.05) is 0 Å². The minimum atomic E-state index is 0.992. The van der Waals surface area contributed by atoms with Crippen molar-refractivity contribution in [2.45, 2.75) is 20.3 Å². The summed E-state index contributed by atoms with van der Waals surface area (Å²) in [7, 11) is 0. The number of aromatic amines is 1. The second kappa shape index (κ2) is 2.63. The Labute approximate surface area is 71.6 Å². The van der Waals surface area contributed by atoms with Gasteiger partial charge in [-0.2, -0.15) is 0 Å². The Balaban J connectivity index is 2.78. The summed E-state index contributed by atoms with van der Waals surface area (Å²) in [6, 6.07) is 6.26. The van der Waals surface area contributed by atoms with Crippen LogP contribution in [-0.4, -0.2) is 9.97 Å². The smallest absolute Gasteiger partial charge is 0.104 e. The number of nitrogens with zero attached hydrogens (tertiary/aromatic N) is 1. The van der Waals surface area contributed by atoms with E-state index in [2.05, 4.69) is 35.1 Å². The number of benzene rings is 1. The van der Waals surface area contributed by atoms with Gasteiger partial charge in [0.1, 0.15) is 5.82 Å². The van der Waals surface area contributed by atoms with Crippen LogP contribution in [0.3, 0.4) is 0 Å². The third kappa shape index (κ3) is 0.998. The fourth-order valence-corrected chi connectivity index (χ4v) is 1.50. The van der Waals surface area contributed by atoms with Crippen LogP contribution in [0.5, 0.6) is 0 Å². The first-order chi connectivity index (χ1) is 5.81. The predicted octanol–water partition coefficient (Wildman–Crippen LogP) is 2.43. The van der Waals surface area contributed by atoms with Gasteiger partial charge in [0.2, 0.25) is 0 Å². The summed E-state index contributed by atoms with van der Waals surface area (Å²) >= 11 is 0. The number of imidazole rings is 1. The molecular formula is C10H12N2. The molecule has 0 aliphatic rings. The highest BCUT2D eigenvalue weighted by atomic mass is 14.9. The number of para-hydroxylation sites is 1. The molecule has 2 rings (SSSR count). The third-order valence-corrected chi connectivity index (χ3v) is 2.10. The van der Waals surface area contributed by atoms with E-state index in [4.69, 9.17) is 0 Å². The molecule has 2 aromatic rings. The normalized spacial score (nSPS) is 10.8. The first kappa shape index (κ1) is 7.35. The Hall–Kier alpha value is -1.31. The van der Waals surface area contributed by atoms with Gasteiger partial charge < -0.3 is 4.98 Å². The molecule has 0 radical (unpaired) electrons. The van der Waals surface area contributed by atoms with Crippen LogP contribution in [-0.2, 0) is 6.42 Å². The molecule has 1 heterocycles. The maximum absolute atomic E-state index is 4.43. The summed E-state index contributed by atoms with van der Waals surface area (Å²) in [5, 5.41) is 0. The predicted molar refractivity (Wildman–Crippen MR) is 50.2 cm³/mol. The number of fused-ring (bicyclic) bond motifs is 1. The molecule has 2 nitrogen and oxygen atoms in total. The average molecular weight is 160 g/mol. The van der Waals surface area contributed by atoms with E-state index in [-0.39, 0.29) is 0 Å². The molecule has 0 atom stereocenters. The van der Waals surface area contributed by atoms with E-state index < -0.39 is 0 Å². The van der Waals surface area contributed by atoms with Crippen molar-refractivity contribution >= 4 is 11.0 Å². The van der Waals surface area contributed by atoms with E-state index in [1.54, 1.807) is 0 Å². The van der Waals surface area contributed by atoms with Gasteiger partial charge in [-0.1, -0.05) is 19.1 Å². The second-order valence-electron chi connectivity index (χ2n) is 2.99. The molecule has 62 valence electrons. The summed E-state index contributed by atoms with van der Waals surface area (Å²) in [5.74, 6) is 0.992. The minimum Gasteiger partial charge on any atom is -0.342 e. The Bertz CT molecular complexity index is 401. The van der Waals surface area contributed by atoms with Gasteiger partial charge in [-0.25, -0.2) is 4.98 Å². The first-order valence-electron chi connectivity index (χ1n) is 4.25. The number of aromatic nitrogens is 2. The summed E-state index contributed by atoms with van der Waals surface area (Å²) in [5.41, 5.74) is 3.58. The molecule has 0 saturated heterocycles. The van der Waals surface area contributed by atoms with Gasteiger partial charge in [-0.3, -0.25) is 0 Å². The molecule has 0 amide bonds. The maximum atomic E-state index is 4.43. The Kier molecular flexibility index (Phi) is 1.61. The van der Waals surface area contributed by atoms with Crippen molar-refractivity contribution in [1.82, 2.24) is 9.97 Å². The highest BCUT2D eigenvalue weighted by molar-refractivity contribution is 5.78. The van der Waals surface area contributed by atoms with E-state index >= 15 is 0 Å². The van der Waals surface area contributed by atoms with Crippen LogP contribution in [0.25, 0.3) is 11.0 Å². The lowest BCUT2D eigenvalue weighted by molar-refractivity contribution is 1.13. The number of hydrogen-bond donors (Lipinski definition) is 1. The van der Waals surface area contributed by atoms with Gasteiger partial charge in [0.25, 0.3) is 0 Å². The molecular weight excluding hydrogens is 148 g/mol. The lowest BCUT2D eigenvalue weighted by Gasteiger charge is -1.95. The Morgan fingerprint density at radius 1 is 1.42 bits per heavy atom. The zero-order valence-corrected chi connectivity index (χ0v) is 7.39. The molecule has 1 aromatic carbocycles. The van der Waals surface area contributed by atoms with Gasteiger partial charge in [-0.05, 0) is 25.0 Å². The van der Waals surface area contributed by atoms with Crippen molar-refractivity contribution in [2.75, 3.05) is 0 Å². The zero-order valence-electron chi connectivity index (χ0n) is 7.39. The second-order valence-corrected chi connectivity index (χ2v) is 2.99. The van der Waals surface area contributed by atoms with Crippen LogP contribution in [0.1, 0.15) is 18.3 Å². The van der Waals surface area contributed by atoms with Gasteiger partial charge in [0.05, 0.1) is 11.0 Å². The van der Waals surface area contributed by atoms with Crippen LogP contribution >= 0.6 is 0 Å². The number of aryl methyl sites for hydroxylation is 2. The number of H-pyrrole nitrogens is 1. The first-order valence-corrected chi connectivity index (χ1v) is 4.25. The van der Waals surface area contributed by atoms with E-state index in [0.29, 0.717) is 0 Å². The van der Waals surface area contributed by atoms with Crippen molar-refractivity contribution in [3.05, 3.63) is 29.6 Å². The molecule has 0 saturated carbocycles. The van der Waals surface area contributed by atoms with Crippen LogP contribution < -0.4 is 0 Å². The molecule has 12 heavy (non-hydrogen) atoms. The standard InChI is InChI=1S/C10H12N2/c1-3-8-5-4-6-9-10(8)12-7(2)11-9/h4-6H,3H2,1-2H3,(H,11,12). The van der Waals surface area contributed by atoms with Crippen molar-refractivity contribution in [1.29, 1.82) is 0 Å². The molecule has 1 N–H and O–H groups in total. The van der Waals surface area contributed by atoms with E-state index in [0.717, 1.165) is 23.3 Å². The average Bonchev–Trinajstić information content (AvgIpc) is 2.44. The molecule has 0 spiro atoms. The lowest BCUT2D eigenvalue weighted by Crippen LogP contribution is -1.81. The monoisotopic (exact) mass is 160 g/mol. The van der Waals surface area contributed by atoms with Gasteiger partial charge in [0.15, 0.2) is 0 Å². The Morgan fingerprint density at radius 2 is 2.25 bits per heavy atom. The highest BCUT2D eigenvalue weighted by Crippen LogP contribution is 2.16. The molecule has 0 bridgehead atoms. The minimum absolute atomic E-state index is 0.992. The summed E-state index contributed by atoms with van der Waals surface area (Å²) in [4.78, 5) is 7.65. The van der Waals surface area contributed by atoms with Crippen molar-refractivity contribution in [3.8, 4) is 0 Å². The third-order valence-electron chi connectivity index (χ3n) is 2.10. The van der Waals surface area contributed by atoms with Crippen molar-refractivity contribution in [2.24, 2.45) is 0 Å². The van der Waals surface area contributed by atoms with Crippen LogP contribution in [0.15, 0.2) is 18.2 Å². The fourth-order valence-electron chi connectivity index (χ4n) is 1.50. The van der Waals surface area contributed by atoms with E-state index in [1.165, 1.54) is 5.56 Å². The highest BCUT2D eigenvalue weighted by Gasteiger charge is 2.01. The number of nitrogens with one attached hydrogen (secondary N) is 1. The topological polar surface area (TPSA) is 28.7 Å². The molecule has 0 fully saturated rings. The van der Waals surface area contributed by atoms with Crippen LogP contribution in [0, 0.1) is 6.92 Å². The molecule has 0 aliphatic heterocycles. The van der Waals surface area contributed by atoms with Crippen molar-refractivity contribution < 1.29 is 0 Å². The number of rotatable bonds is 1. The molecule has 0 aliphatic carbocycles. The van der Waals surface area contributed by atoms with Gasteiger partial charge in [-0.15, -0.1) is 0 Å². The van der Waals surface area contributed by atoms with Crippen LogP contribution in [0.2, 0.25) is 0 Å². The Morgan fingerprint density at radius 3 is 3.00 bits per heavy atom. The summed E-state index contributed by atoms with van der Waals surface area (Å²) in [6.07, 6.45) is 1.04. The van der Waals surface area contributed by atoms with E-state index in [1.807, 2.05) is 6.92 Å². The summed E-state index contributed by atoms with van der Waals surface area (Å²) < 4.78 is 0. The largest absolute Gasteiger partial charge is 0.342 e. The van der Waals surface area contributed by atoms with Crippen molar-refractivity contribution in [3.63, 3.8) is 0 Å². The molecule has 0 unspecified atom stereocenters. The quantitative estimate of drug-likeness (QED) is 0.682. The fraction of sp³-hybridized carbons (Fsp3) is 0.300.